The average Bonchev–Trinajstić information content (AvgIpc) is 3.10. The molecule has 1 saturated heterocycles. The molecule has 0 bridgehead atoms. The first-order valence-electron chi connectivity index (χ1n) is 11.4. The van der Waals surface area contributed by atoms with E-state index >= 15 is 0 Å². The molecule has 0 radical (unpaired) electrons. The first kappa shape index (κ1) is 24.3. The molecule has 0 aromatic heterocycles. The van der Waals surface area contributed by atoms with E-state index in [0.29, 0.717) is 30.3 Å². The maximum Gasteiger partial charge on any atom is 0.240 e. The molecule has 1 aliphatic heterocycles. The number of nitrogens with zero attached hydrogens (tertiary/aromatic N) is 2. The molecule has 0 aliphatic carbocycles. The predicted octanol–water partition coefficient (Wildman–Crippen LogP) is 5.35. The summed E-state index contributed by atoms with van der Waals surface area (Å²) in [6.07, 6.45) is 0.822. The molecule has 1 fully saturated rings. The van der Waals surface area contributed by atoms with E-state index in [1.165, 1.54) is 0 Å². The number of amides is 2. The van der Waals surface area contributed by atoms with Gasteiger partial charge >= 0.3 is 0 Å². The maximum atomic E-state index is 13.7. The Morgan fingerprint density at radius 2 is 1.53 bits per heavy atom. The second-order valence-corrected chi connectivity index (χ2v) is 9.79. The highest BCUT2D eigenvalue weighted by Crippen LogP contribution is 2.36. The Morgan fingerprint density at radius 1 is 0.853 bits per heavy atom. The molecule has 7 heteroatoms. The van der Waals surface area contributed by atoms with Crippen LogP contribution < -0.4 is 5.32 Å². The normalized spacial score (nSPS) is 15.4. The first-order valence-corrected chi connectivity index (χ1v) is 12.7. The molecule has 1 N–H and O–H groups in total. The lowest BCUT2D eigenvalue weighted by molar-refractivity contribution is -0.130. The minimum atomic E-state index is -0.307. The van der Waals surface area contributed by atoms with Gasteiger partial charge in [0.25, 0.3) is 0 Å². The summed E-state index contributed by atoms with van der Waals surface area (Å²) in [6, 6.07) is 27.2. The fourth-order valence-electron chi connectivity index (χ4n) is 3.99. The molecule has 1 atom stereocenters. The number of nitrogens with one attached hydrogen (secondary N) is 1. The van der Waals surface area contributed by atoms with Crippen molar-refractivity contribution in [2.24, 2.45) is 0 Å². The molecule has 1 aliphatic rings. The Balaban J connectivity index is 1.39. The van der Waals surface area contributed by atoms with E-state index in [9.17, 15) is 9.59 Å². The number of thioether (sulfide) groups is 1. The number of benzene rings is 3. The van der Waals surface area contributed by atoms with Crippen molar-refractivity contribution in [3.63, 3.8) is 0 Å². The third-order valence-corrected chi connectivity index (χ3v) is 7.32. The molecule has 0 spiro atoms. The van der Waals surface area contributed by atoms with E-state index in [0.717, 1.165) is 23.4 Å². The summed E-state index contributed by atoms with van der Waals surface area (Å²) < 4.78 is 0. The zero-order valence-electron chi connectivity index (χ0n) is 18.9. The predicted molar refractivity (Wildman–Crippen MR) is 139 cm³/mol. The van der Waals surface area contributed by atoms with Crippen LogP contribution in [0.2, 0.25) is 5.02 Å². The summed E-state index contributed by atoms with van der Waals surface area (Å²) in [5, 5.41) is 3.10. The third-order valence-electron chi connectivity index (χ3n) is 5.74. The van der Waals surface area contributed by atoms with Crippen LogP contribution in [0.4, 0.5) is 5.69 Å². The van der Waals surface area contributed by atoms with Crippen molar-refractivity contribution in [2.75, 3.05) is 38.0 Å². The molecule has 3 aromatic rings. The van der Waals surface area contributed by atoms with Crippen LogP contribution in [-0.4, -0.2) is 54.3 Å². The molecule has 1 heterocycles. The van der Waals surface area contributed by atoms with E-state index in [4.69, 9.17) is 11.6 Å². The van der Waals surface area contributed by atoms with Gasteiger partial charge in [-0.15, -0.1) is 11.8 Å². The average molecular weight is 494 g/mol. The summed E-state index contributed by atoms with van der Waals surface area (Å²) in [7, 11) is 0. The summed E-state index contributed by atoms with van der Waals surface area (Å²) in [5.74, 6) is 0.0112. The zero-order valence-corrected chi connectivity index (χ0v) is 20.5. The van der Waals surface area contributed by atoms with Crippen molar-refractivity contribution in [2.45, 2.75) is 16.6 Å². The van der Waals surface area contributed by atoms with Crippen LogP contribution in [0.25, 0.3) is 0 Å². The van der Waals surface area contributed by atoms with Gasteiger partial charge in [-0.05, 0) is 36.2 Å². The summed E-state index contributed by atoms with van der Waals surface area (Å²) in [4.78, 5) is 31.3. The second kappa shape index (κ2) is 12.1. The summed E-state index contributed by atoms with van der Waals surface area (Å²) in [5.41, 5.74) is 1.62. The number of carbonyl (C=O) groups is 2. The summed E-state index contributed by atoms with van der Waals surface area (Å²) >= 11 is 7.74. The molecule has 176 valence electrons. The van der Waals surface area contributed by atoms with Crippen LogP contribution in [0.1, 0.15) is 17.2 Å². The Kier molecular flexibility index (Phi) is 8.63. The molecular weight excluding hydrogens is 466 g/mol. The highest BCUT2D eigenvalue weighted by molar-refractivity contribution is 8.00. The highest BCUT2D eigenvalue weighted by atomic mass is 35.5. The van der Waals surface area contributed by atoms with Crippen molar-refractivity contribution < 1.29 is 9.59 Å². The Hall–Kier alpha value is -2.80. The number of hydrogen-bond acceptors (Lipinski definition) is 4. The highest BCUT2D eigenvalue weighted by Gasteiger charge is 2.28. The van der Waals surface area contributed by atoms with Gasteiger partial charge in [0.15, 0.2) is 0 Å². The third kappa shape index (κ3) is 6.63. The van der Waals surface area contributed by atoms with Crippen molar-refractivity contribution in [3.8, 4) is 0 Å². The molecule has 2 amide bonds. The molecular formula is C27H28ClN3O2S. The molecule has 34 heavy (non-hydrogen) atoms. The van der Waals surface area contributed by atoms with Gasteiger partial charge in [-0.25, -0.2) is 0 Å². The molecule has 3 aromatic carbocycles. The van der Waals surface area contributed by atoms with Crippen LogP contribution in [0.3, 0.4) is 0 Å². The molecule has 0 saturated carbocycles. The fourth-order valence-corrected chi connectivity index (χ4v) is 5.31. The van der Waals surface area contributed by atoms with Gasteiger partial charge in [-0.3, -0.25) is 14.5 Å². The SMILES string of the molecule is O=C(CN1CCCN(C(=O)C(Sc2ccccc2)c2ccccc2)CC1)Nc1ccccc1Cl. The van der Waals surface area contributed by atoms with Crippen LogP contribution in [0.5, 0.6) is 0 Å². The first-order chi connectivity index (χ1) is 16.6. The largest absolute Gasteiger partial charge is 0.340 e. The molecule has 5 nitrogen and oxygen atoms in total. The summed E-state index contributed by atoms with van der Waals surface area (Å²) in [6.45, 7) is 2.96. The van der Waals surface area contributed by atoms with Crippen molar-refractivity contribution in [3.05, 3.63) is 95.5 Å². The number of rotatable bonds is 7. The van der Waals surface area contributed by atoms with E-state index in [1.807, 2.05) is 77.7 Å². The van der Waals surface area contributed by atoms with E-state index in [1.54, 1.807) is 23.9 Å². The molecule has 4 rings (SSSR count). The van der Waals surface area contributed by atoms with Gasteiger partial charge in [-0.2, -0.15) is 0 Å². The van der Waals surface area contributed by atoms with Crippen LogP contribution >= 0.6 is 23.4 Å². The van der Waals surface area contributed by atoms with Crippen LogP contribution in [0.15, 0.2) is 89.8 Å². The molecule has 1 unspecified atom stereocenters. The topological polar surface area (TPSA) is 52.7 Å². The van der Waals surface area contributed by atoms with Gasteiger partial charge < -0.3 is 10.2 Å². The van der Waals surface area contributed by atoms with E-state index < -0.39 is 0 Å². The Morgan fingerprint density at radius 3 is 2.26 bits per heavy atom. The van der Waals surface area contributed by atoms with Gasteiger partial charge in [0.1, 0.15) is 5.25 Å². The number of para-hydroxylation sites is 1. The number of hydrogen-bond donors (Lipinski definition) is 1. The number of carbonyl (C=O) groups excluding carboxylic acids is 2. The lowest BCUT2D eigenvalue weighted by Gasteiger charge is -2.26. The van der Waals surface area contributed by atoms with E-state index in [-0.39, 0.29) is 23.6 Å². The minimum absolute atomic E-state index is 0.102. The van der Waals surface area contributed by atoms with Crippen molar-refractivity contribution in [1.82, 2.24) is 9.80 Å². The quantitative estimate of drug-likeness (QED) is 0.451. The monoisotopic (exact) mass is 493 g/mol. The minimum Gasteiger partial charge on any atom is -0.340 e. The maximum absolute atomic E-state index is 13.7. The van der Waals surface area contributed by atoms with Gasteiger partial charge in [0, 0.05) is 31.1 Å². The number of anilines is 1. The van der Waals surface area contributed by atoms with Gasteiger partial charge in [0.2, 0.25) is 11.8 Å². The van der Waals surface area contributed by atoms with Crippen LogP contribution in [-0.2, 0) is 9.59 Å². The lowest BCUT2D eigenvalue weighted by atomic mass is 10.1. The second-order valence-electron chi connectivity index (χ2n) is 8.20. The zero-order chi connectivity index (χ0) is 23.8. The van der Waals surface area contributed by atoms with Crippen LogP contribution in [0, 0.1) is 0 Å². The fraction of sp³-hybridized carbons (Fsp3) is 0.259. The number of halogens is 1. The standard InChI is InChI=1S/C27H28ClN3O2S/c28-23-14-7-8-15-24(23)29-25(32)20-30-16-9-17-31(19-18-30)27(33)26(21-10-3-1-4-11-21)34-22-12-5-2-6-13-22/h1-8,10-15,26H,9,16-20H2,(H,29,32). The van der Waals surface area contributed by atoms with Crippen molar-refractivity contribution >= 4 is 40.9 Å². The smallest absolute Gasteiger partial charge is 0.240 e. The Bertz CT molecular complexity index is 1100. The van der Waals surface area contributed by atoms with E-state index in [2.05, 4.69) is 10.2 Å². The van der Waals surface area contributed by atoms with Gasteiger partial charge in [-0.1, -0.05) is 72.3 Å². The van der Waals surface area contributed by atoms with Crippen molar-refractivity contribution in [1.29, 1.82) is 0 Å². The Labute approximate surface area is 210 Å². The lowest BCUT2D eigenvalue weighted by Crippen LogP contribution is -2.39. The van der Waals surface area contributed by atoms with Gasteiger partial charge in [0.05, 0.1) is 17.3 Å².